The van der Waals surface area contributed by atoms with Gasteiger partial charge in [0.15, 0.2) is 0 Å². The zero-order chi connectivity index (χ0) is 18.0. The number of hydrogen-bond donors (Lipinski definition) is 1. The summed E-state index contributed by atoms with van der Waals surface area (Å²) in [5.74, 6) is 0.281. The van der Waals surface area contributed by atoms with E-state index >= 15 is 0 Å². The van der Waals surface area contributed by atoms with Gasteiger partial charge in [-0.05, 0) is 19.4 Å². The lowest BCUT2D eigenvalue weighted by atomic mass is 9.71. The van der Waals surface area contributed by atoms with Gasteiger partial charge in [-0.3, -0.25) is 14.5 Å². The molecule has 5 nitrogen and oxygen atoms in total. The molecule has 1 aromatic rings. The lowest BCUT2D eigenvalue weighted by Crippen LogP contribution is -2.64. The van der Waals surface area contributed by atoms with Crippen LogP contribution < -0.4 is 5.32 Å². The summed E-state index contributed by atoms with van der Waals surface area (Å²) in [7, 11) is 0. The van der Waals surface area contributed by atoms with Crippen LogP contribution in [-0.4, -0.2) is 53.8 Å². The Morgan fingerprint density at radius 2 is 1.88 bits per heavy atom. The predicted octanol–water partition coefficient (Wildman–Crippen LogP) is 1.88. The third-order valence-electron chi connectivity index (χ3n) is 5.38. The molecule has 2 heterocycles. The first-order chi connectivity index (χ1) is 11.9. The number of nitrogens with one attached hydrogen (secondary N) is 1. The molecule has 1 aromatic carbocycles. The van der Waals surface area contributed by atoms with Crippen LogP contribution in [0.3, 0.4) is 0 Å². The van der Waals surface area contributed by atoms with Crippen LogP contribution in [0.5, 0.6) is 0 Å². The molecule has 136 valence electrons. The Labute approximate surface area is 150 Å². The van der Waals surface area contributed by atoms with Gasteiger partial charge >= 0.3 is 0 Å². The number of amides is 2. The normalized spacial score (nSPS) is 22.2. The van der Waals surface area contributed by atoms with E-state index in [1.54, 1.807) is 0 Å². The van der Waals surface area contributed by atoms with Crippen molar-refractivity contribution in [3.05, 3.63) is 35.9 Å². The number of nitrogens with zero attached hydrogens (tertiary/aromatic N) is 2. The molecule has 0 aromatic heterocycles. The number of rotatable bonds is 5. The van der Waals surface area contributed by atoms with Gasteiger partial charge in [-0.2, -0.15) is 0 Å². The molecule has 0 saturated carbocycles. The second-order valence-electron chi connectivity index (χ2n) is 7.84. The van der Waals surface area contributed by atoms with Crippen molar-refractivity contribution in [2.75, 3.05) is 26.2 Å². The summed E-state index contributed by atoms with van der Waals surface area (Å²) in [5.41, 5.74) is 1.18. The van der Waals surface area contributed by atoms with Crippen LogP contribution in [-0.2, 0) is 16.1 Å². The van der Waals surface area contributed by atoms with Crippen LogP contribution in [0.25, 0.3) is 0 Å². The third kappa shape index (κ3) is 3.71. The number of hydrogen-bond acceptors (Lipinski definition) is 3. The molecule has 2 saturated heterocycles. The topological polar surface area (TPSA) is 52.7 Å². The standard InChI is InChI=1S/C20H29N3O2/c1-4-18(24)23-13-20(14-23)12-22(10-16-8-6-5-7-9-16)11-17(20)19(25)21-15(2)3/h5-9,15,17H,4,10-14H2,1-3H3,(H,21,25). The molecule has 2 fully saturated rings. The second-order valence-corrected chi connectivity index (χ2v) is 7.84. The van der Waals surface area contributed by atoms with E-state index in [2.05, 4.69) is 34.5 Å². The molecule has 2 aliphatic rings. The molecule has 5 heteroatoms. The molecule has 0 radical (unpaired) electrons. The molecular weight excluding hydrogens is 314 g/mol. The van der Waals surface area contributed by atoms with Gasteiger partial charge in [0.2, 0.25) is 11.8 Å². The highest BCUT2D eigenvalue weighted by Crippen LogP contribution is 2.44. The van der Waals surface area contributed by atoms with E-state index in [1.165, 1.54) is 5.56 Å². The van der Waals surface area contributed by atoms with Gasteiger partial charge in [-0.1, -0.05) is 37.3 Å². The maximum absolute atomic E-state index is 12.8. The molecule has 1 N–H and O–H groups in total. The van der Waals surface area contributed by atoms with Crippen LogP contribution in [0.2, 0.25) is 0 Å². The number of carbonyl (C=O) groups is 2. The van der Waals surface area contributed by atoms with Crippen molar-refractivity contribution in [2.45, 2.75) is 39.8 Å². The minimum Gasteiger partial charge on any atom is -0.354 e. The van der Waals surface area contributed by atoms with Crippen LogP contribution in [0.4, 0.5) is 0 Å². The van der Waals surface area contributed by atoms with Gasteiger partial charge in [0.25, 0.3) is 0 Å². The molecule has 2 aliphatic heterocycles. The number of likely N-dealkylation sites (tertiary alicyclic amines) is 2. The molecule has 25 heavy (non-hydrogen) atoms. The van der Waals surface area contributed by atoms with Gasteiger partial charge in [-0.25, -0.2) is 0 Å². The lowest BCUT2D eigenvalue weighted by molar-refractivity contribution is -0.149. The first-order valence-corrected chi connectivity index (χ1v) is 9.28. The van der Waals surface area contributed by atoms with Crippen molar-refractivity contribution >= 4 is 11.8 Å². The molecule has 1 atom stereocenters. The molecule has 1 spiro atoms. The molecule has 3 rings (SSSR count). The van der Waals surface area contributed by atoms with E-state index in [9.17, 15) is 9.59 Å². The fourth-order valence-corrected chi connectivity index (χ4v) is 4.21. The lowest BCUT2D eigenvalue weighted by Gasteiger charge is -2.50. The predicted molar refractivity (Wildman–Crippen MR) is 97.8 cm³/mol. The summed E-state index contributed by atoms with van der Waals surface area (Å²) < 4.78 is 0. The maximum Gasteiger partial charge on any atom is 0.225 e. The Bertz CT molecular complexity index is 623. The minimum atomic E-state index is -0.0847. The quantitative estimate of drug-likeness (QED) is 0.888. The van der Waals surface area contributed by atoms with E-state index in [0.717, 1.165) is 19.6 Å². The van der Waals surface area contributed by atoms with Crippen LogP contribution in [0.1, 0.15) is 32.8 Å². The van der Waals surface area contributed by atoms with Crippen molar-refractivity contribution < 1.29 is 9.59 Å². The Hall–Kier alpha value is -1.88. The number of benzene rings is 1. The summed E-state index contributed by atoms with van der Waals surface area (Å²) in [6.07, 6.45) is 0.534. The smallest absolute Gasteiger partial charge is 0.225 e. The first-order valence-electron chi connectivity index (χ1n) is 9.28. The molecular formula is C20H29N3O2. The fourth-order valence-electron chi connectivity index (χ4n) is 4.21. The summed E-state index contributed by atoms with van der Waals surface area (Å²) in [4.78, 5) is 29.0. The van der Waals surface area contributed by atoms with E-state index in [4.69, 9.17) is 0 Å². The first kappa shape index (κ1) is 17.9. The fraction of sp³-hybridized carbons (Fsp3) is 0.600. The monoisotopic (exact) mass is 343 g/mol. The van der Waals surface area contributed by atoms with Gasteiger partial charge < -0.3 is 10.2 Å². The van der Waals surface area contributed by atoms with Crippen molar-refractivity contribution in [1.29, 1.82) is 0 Å². The second kappa shape index (κ2) is 7.16. The average Bonchev–Trinajstić information content (AvgIpc) is 2.92. The molecule has 0 bridgehead atoms. The summed E-state index contributed by atoms with van der Waals surface area (Å²) in [6.45, 7) is 9.81. The van der Waals surface area contributed by atoms with Crippen LogP contribution in [0, 0.1) is 11.3 Å². The Morgan fingerprint density at radius 3 is 2.48 bits per heavy atom. The van der Waals surface area contributed by atoms with Crippen LogP contribution in [0.15, 0.2) is 30.3 Å². The summed E-state index contributed by atoms with van der Waals surface area (Å²) in [6, 6.07) is 10.5. The molecule has 0 aliphatic carbocycles. The molecule has 1 unspecified atom stereocenters. The van der Waals surface area contributed by atoms with Gasteiger partial charge in [0.1, 0.15) is 0 Å². The highest BCUT2D eigenvalue weighted by Gasteiger charge is 2.57. The Morgan fingerprint density at radius 1 is 1.20 bits per heavy atom. The minimum absolute atomic E-state index is 0.0421. The van der Waals surface area contributed by atoms with Crippen molar-refractivity contribution in [3.8, 4) is 0 Å². The molecule has 2 amide bonds. The van der Waals surface area contributed by atoms with Crippen molar-refractivity contribution in [2.24, 2.45) is 11.3 Å². The van der Waals surface area contributed by atoms with E-state index in [-0.39, 0.29) is 29.2 Å². The maximum atomic E-state index is 12.8. The number of carbonyl (C=O) groups excluding carboxylic acids is 2. The van der Waals surface area contributed by atoms with Gasteiger partial charge in [0, 0.05) is 50.6 Å². The SMILES string of the molecule is CCC(=O)N1CC2(CN(Cc3ccccc3)CC2C(=O)NC(C)C)C1. The Kier molecular flexibility index (Phi) is 5.13. The summed E-state index contributed by atoms with van der Waals surface area (Å²) >= 11 is 0. The van der Waals surface area contributed by atoms with Gasteiger partial charge in [0.05, 0.1) is 5.92 Å². The van der Waals surface area contributed by atoms with Crippen molar-refractivity contribution in [1.82, 2.24) is 15.1 Å². The van der Waals surface area contributed by atoms with E-state index in [1.807, 2.05) is 31.7 Å². The Balaban J connectivity index is 1.72. The largest absolute Gasteiger partial charge is 0.354 e. The average molecular weight is 343 g/mol. The zero-order valence-electron chi connectivity index (χ0n) is 15.5. The zero-order valence-corrected chi connectivity index (χ0v) is 15.5. The summed E-state index contributed by atoms with van der Waals surface area (Å²) in [5, 5.41) is 3.08. The van der Waals surface area contributed by atoms with Crippen molar-refractivity contribution in [3.63, 3.8) is 0 Å². The van der Waals surface area contributed by atoms with E-state index in [0.29, 0.717) is 19.5 Å². The highest BCUT2D eigenvalue weighted by atomic mass is 16.2. The van der Waals surface area contributed by atoms with E-state index < -0.39 is 0 Å². The third-order valence-corrected chi connectivity index (χ3v) is 5.38. The van der Waals surface area contributed by atoms with Gasteiger partial charge in [-0.15, -0.1) is 0 Å². The highest BCUT2D eigenvalue weighted by molar-refractivity contribution is 5.82. The van der Waals surface area contributed by atoms with Crippen LogP contribution >= 0.6 is 0 Å².